The maximum absolute atomic E-state index is 12.2. The number of Topliss-reactive ketones (excluding diaryl/α,β-unsaturated/α-hetero) is 1. The molecule has 1 N–H and O–H groups in total. The third-order valence-electron chi connectivity index (χ3n) is 8.38. The molecule has 0 spiro atoms. The summed E-state index contributed by atoms with van der Waals surface area (Å²) in [4.78, 5) is 24.0. The van der Waals surface area contributed by atoms with Crippen LogP contribution in [0.2, 0.25) is 0 Å². The van der Waals surface area contributed by atoms with Gasteiger partial charge in [-0.05, 0) is 80.1 Å². The lowest BCUT2D eigenvalue weighted by molar-refractivity contribution is -0.143. The predicted octanol–water partition coefficient (Wildman–Crippen LogP) is 3.69. The number of ketones is 2. The Bertz CT molecular complexity index is 621. The van der Waals surface area contributed by atoms with Crippen molar-refractivity contribution in [3.05, 3.63) is 11.6 Å². The molecule has 3 fully saturated rings. The first kappa shape index (κ1) is 16.5. The first-order valence-electron chi connectivity index (χ1n) is 9.70. The largest absolute Gasteiger partial charge is 0.393 e. The van der Waals surface area contributed by atoms with E-state index in [-0.39, 0.29) is 34.6 Å². The van der Waals surface area contributed by atoms with Gasteiger partial charge in [-0.3, -0.25) is 9.59 Å². The van der Waals surface area contributed by atoms with E-state index in [2.05, 4.69) is 13.8 Å². The highest BCUT2D eigenvalue weighted by atomic mass is 16.3. The summed E-state index contributed by atoms with van der Waals surface area (Å²) in [6, 6.07) is 0. The van der Waals surface area contributed by atoms with Gasteiger partial charge in [0.1, 0.15) is 5.78 Å². The average Bonchev–Trinajstić information content (AvgIpc) is 2.84. The molecule has 0 aromatic rings. The molecule has 4 aliphatic rings. The molecule has 4 aliphatic carbocycles. The van der Waals surface area contributed by atoms with Crippen LogP contribution in [0.5, 0.6) is 0 Å². The minimum atomic E-state index is -0.349. The highest BCUT2D eigenvalue weighted by Crippen LogP contribution is 2.66. The van der Waals surface area contributed by atoms with Crippen molar-refractivity contribution in [3.63, 3.8) is 0 Å². The molecule has 3 saturated carbocycles. The highest BCUT2D eigenvalue weighted by molar-refractivity contribution is 5.91. The summed E-state index contributed by atoms with van der Waals surface area (Å²) in [5, 5.41) is 11.2. The van der Waals surface area contributed by atoms with Crippen molar-refractivity contribution >= 4 is 11.6 Å². The maximum Gasteiger partial charge on any atom is 0.155 e. The van der Waals surface area contributed by atoms with Crippen LogP contribution in [0.1, 0.15) is 65.7 Å². The Morgan fingerprint density at radius 1 is 1.21 bits per heavy atom. The fourth-order valence-corrected chi connectivity index (χ4v) is 7.35. The Morgan fingerprint density at radius 2 is 1.96 bits per heavy atom. The molecule has 7 atom stereocenters. The van der Waals surface area contributed by atoms with Gasteiger partial charge in [0.05, 0.1) is 6.10 Å². The van der Waals surface area contributed by atoms with Gasteiger partial charge >= 0.3 is 0 Å². The van der Waals surface area contributed by atoms with Crippen molar-refractivity contribution in [2.24, 2.45) is 34.5 Å². The summed E-state index contributed by atoms with van der Waals surface area (Å²) < 4.78 is 0. The van der Waals surface area contributed by atoms with Gasteiger partial charge in [-0.1, -0.05) is 19.4 Å². The van der Waals surface area contributed by atoms with E-state index in [1.54, 1.807) is 6.92 Å². The number of hydrogen-bond donors (Lipinski definition) is 1. The summed E-state index contributed by atoms with van der Waals surface area (Å²) >= 11 is 0. The second kappa shape index (κ2) is 5.27. The molecule has 0 radical (unpaired) electrons. The van der Waals surface area contributed by atoms with Crippen LogP contribution in [0.3, 0.4) is 0 Å². The van der Waals surface area contributed by atoms with Crippen LogP contribution in [0.25, 0.3) is 0 Å². The summed E-state index contributed by atoms with van der Waals surface area (Å²) in [6.07, 6.45) is 7.97. The van der Waals surface area contributed by atoms with Crippen LogP contribution in [0.4, 0.5) is 0 Å². The lowest BCUT2D eigenvalue weighted by Crippen LogP contribution is -2.56. The highest BCUT2D eigenvalue weighted by Gasteiger charge is 2.62. The summed E-state index contributed by atoms with van der Waals surface area (Å²) in [5.74, 6) is 1.99. The van der Waals surface area contributed by atoms with E-state index in [1.165, 1.54) is 5.57 Å². The lowest BCUT2D eigenvalue weighted by Gasteiger charge is -2.59. The van der Waals surface area contributed by atoms with Crippen molar-refractivity contribution in [1.82, 2.24) is 0 Å². The zero-order chi connectivity index (χ0) is 17.3. The van der Waals surface area contributed by atoms with Gasteiger partial charge in [0.25, 0.3) is 0 Å². The molecule has 3 nitrogen and oxygen atoms in total. The Hall–Kier alpha value is -0.960. The van der Waals surface area contributed by atoms with E-state index in [1.807, 2.05) is 6.08 Å². The molecular weight excluding hydrogens is 300 g/mol. The molecule has 24 heavy (non-hydrogen) atoms. The number of aliphatic hydroxyl groups excluding tert-OH is 1. The fraction of sp³-hybridized carbons (Fsp3) is 0.810. The van der Waals surface area contributed by atoms with Crippen molar-refractivity contribution < 1.29 is 14.7 Å². The Morgan fingerprint density at radius 3 is 2.67 bits per heavy atom. The number of hydrogen-bond acceptors (Lipinski definition) is 3. The monoisotopic (exact) mass is 330 g/mol. The van der Waals surface area contributed by atoms with Crippen molar-refractivity contribution in [1.29, 1.82) is 0 Å². The molecule has 0 saturated heterocycles. The third-order valence-corrected chi connectivity index (χ3v) is 8.38. The minimum absolute atomic E-state index is 0.0219. The van der Waals surface area contributed by atoms with Crippen molar-refractivity contribution in [2.75, 3.05) is 0 Å². The summed E-state index contributed by atoms with van der Waals surface area (Å²) in [7, 11) is 0. The van der Waals surface area contributed by atoms with Crippen LogP contribution in [0, 0.1) is 34.5 Å². The van der Waals surface area contributed by atoms with Crippen molar-refractivity contribution in [2.45, 2.75) is 71.8 Å². The number of carbonyl (C=O) groups is 2. The van der Waals surface area contributed by atoms with Crippen LogP contribution in [-0.2, 0) is 9.59 Å². The first-order chi connectivity index (χ1) is 11.3. The van der Waals surface area contributed by atoms with Crippen molar-refractivity contribution in [3.8, 4) is 0 Å². The maximum atomic E-state index is 12.2. The van der Waals surface area contributed by atoms with Crippen LogP contribution < -0.4 is 0 Å². The summed E-state index contributed by atoms with van der Waals surface area (Å²) in [5.41, 5.74) is 1.23. The van der Waals surface area contributed by atoms with Crippen LogP contribution >= 0.6 is 0 Å². The first-order valence-corrected chi connectivity index (χ1v) is 9.70. The van der Waals surface area contributed by atoms with E-state index in [0.29, 0.717) is 24.0 Å². The molecule has 132 valence electrons. The molecule has 0 amide bonds. The average molecular weight is 330 g/mol. The van der Waals surface area contributed by atoms with Crippen LogP contribution in [0.15, 0.2) is 11.6 Å². The SMILES string of the molecule is CC(=O)[C@H]1CC[C@H]2[C@@H]3CCC4=CC(=O)CC[C@]4(C)C3[C@@H](O)C[C@]12C. The molecule has 0 aromatic heterocycles. The molecule has 0 heterocycles. The molecule has 4 rings (SSSR count). The van der Waals surface area contributed by atoms with Gasteiger partial charge in [0, 0.05) is 12.3 Å². The van der Waals surface area contributed by atoms with Gasteiger partial charge in [-0.25, -0.2) is 0 Å². The van der Waals surface area contributed by atoms with Gasteiger partial charge in [-0.2, -0.15) is 0 Å². The molecule has 0 bridgehead atoms. The predicted molar refractivity (Wildman–Crippen MR) is 92.3 cm³/mol. The fourth-order valence-electron chi connectivity index (χ4n) is 7.35. The quantitative estimate of drug-likeness (QED) is 0.797. The number of carbonyl (C=O) groups excluding carboxylic acids is 2. The normalized spacial score (nSPS) is 50.6. The third kappa shape index (κ3) is 2.06. The van der Waals surface area contributed by atoms with Gasteiger partial charge in [0.2, 0.25) is 0 Å². The van der Waals surface area contributed by atoms with Gasteiger partial charge < -0.3 is 5.11 Å². The minimum Gasteiger partial charge on any atom is -0.393 e. The zero-order valence-corrected chi connectivity index (χ0v) is 15.2. The molecule has 0 aliphatic heterocycles. The van der Waals surface area contributed by atoms with E-state index >= 15 is 0 Å². The van der Waals surface area contributed by atoms with E-state index in [9.17, 15) is 14.7 Å². The Labute approximate surface area is 144 Å². The van der Waals surface area contributed by atoms with Gasteiger partial charge in [0.15, 0.2) is 5.78 Å². The second-order valence-corrected chi connectivity index (χ2v) is 9.41. The van der Waals surface area contributed by atoms with Crippen LogP contribution in [-0.4, -0.2) is 22.8 Å². The number of fused-ring (bicyclic) bond motifs is 5. The van der Waals surface area contributed by atoms with E-state index in [4.69, 9.17) is 0 Å². The summed E-state index contributed by atoms with van der Waals surface area (Å²) in [6.45, 7) is 6.27. The number of allylic oxidation sites excluding steroid dienone is 1. The molecule has 1 unspecified atom stereocenters. The second-order valence-electron chi connectivity index (χ2n) is 9.41. The zero-order valence-electron chi connectivity index (χ0n) is 15.2. The Balaban J connectivity index is 1.72. The number of aliphatic hydroxyl groups is 1. The topological polar surface area (TPSA) is 54.4 Å². The Kier molecular flexibility index (Phi) is 3.62. The smallest absolute Gasteiger partial charge is 0.155 e. The van der Waals surface area contributed by atoms with E-state index in [0.717, 1.165) is 38.5 Å². The standard InChI is InChI=1S/C21H30O3/c1-12(22)16-6-7-17-15-5-4-13-10-14(23)8-9-20(13,2)19(15)18(24)11-21(16,17)3/h10,15-19,24H,4-9,11H2,1-3H3/t15-,16+,17-,18-,19?,20-,21+/m0/s1. The molecular formula is C21H30O3. The molecule has 0 aromatic carbocycles. The number of rotatable bonds is 1. The van der Waals surface area contributed by atoms with E-state index < -0.39 is 0 Å². The lowest BCUT2D eigenvalue weighted by atomic mass is 9.46. The molecule has 3 heteroatoms. The van der Waals surface area contributed by atoms with Gasteiger partial charge in [-0.15, -0.1) is 0 Å².